The number of hydrogen-bond acceptors (Lipinski definition) is 5. The van der Waals surface area contributed by atoms with E-state index in [1.54, 1.807) is 6.07 Å². The highest BCUT2D eigenvalue weighted by Gasteiger charge is 2.34. The van der Waals surface area contributed by atoms with E-state index < -0.39 is 0 Å². The standard InChI is InChI=1S/C14H19N3O3/c18-14(12-5-13(20-17-12)8-6-19-7-8)16-11-3-9-1-2-10(4-11)15-9/h5,8-11,15H,1-4,6-7H2,(H,16,18)/t9-,10?,11?/m0/s1. The van der Waals surface area contributed by atoms with Crippen LogP contribution >= 0.6 is 0 Å². The largest absolute Gasteiger partial charge is 0.380 e. The lowest BCUT2D eigenvalue weighted by Crippen LogP contribution is -2.48. The first-order valence-electron chi connectivity index (χ1n) is 7.39. The van der Waals surface area contributed by atoms with Crippen molar-refractivity contribution in [3.05, 3.63) is 17.5 Å². The Kier molecular flexibility index (Phi) is 3.00. The maximum absolute atomic E-state index is 12.2. The molecule has 1 aromatic heterocycles. The number of hydrogen-bond donors (Lipinski definition) is 2. The Labute approximate surface area is 117 Å². The van der Waals surface area contributed by atoms with E-state index >= 15 is 0 Å². The predicted molar refractivity (Wildman–Crippen MR) is 70.5 cm³/mol. The van der Waals surface area contributed by atoms with Gasteiger partial charge in [-0.05, 0) is 25.7 Å². The molecule has 0 aliphatic carbocycles. The van der Waals surface area contributed by atoms with Crippen molar-refractivity contribution >= 4 is 5.91 Å². The first-order valence-corrected chi connectivity index (χ1v) is 7.39. The molecule has 0 spiro atoms. The lowest BCUT2D eigenvalue weighted by atomic mass is 9.99. The number of nitrogens with one attached hydrogen (secondary N) is 2. The van der Waals surface area contributed by atoms with Crippen LogP contribution in [-0.4, -0.2) is 42.4 Å². The molecule has 0 aromatic carbocycles. The summed E-state index contributed by atoms with van der Waals surface area (Å²) < 4.78 is 10.3. The maximum Gasteiger partial charge on any atom is 0.273 e. The molecule has 3 fully saturated rings. The molecule has 2 N–H and O–H groups in total. The predicted octanol–water partition coefficient (Wildman–Crippen LogP) is 0.801. The molecule has 3 saturated heterocycles. The summed E-state index contributed by atoms with van der Waals surface area (Å²) in [5, 5.41) is 10.5. The van der Waals surface area contributed by atoms with E-state index in [0.717, 1.165) is 18.6 Å². The summed E-state index contributed by atoms with van der Waals surface area (Å²) in [4.78, 5) is 12.2. The normalized spacial score (nSPS) is 32.9. The van der Waals surface area contributed by atoms with Crippen molar-refractivity contribution in [2.45, 2.75) is 49.7 Å². The Morgan fingerprint density at radius 1 is 1.30 bits per heavy atom. The summed E-state index contributed by atoms with van der Waals surface area (Å²) in [7, 11) is 0. The molecule has 6 nitrogen and oxygen atoms in total. The summed E-state index contributed by atoms with van der Waals surface area (Å²) in [6.07, 6.45) is 4.49. The van der Waals surface area contributed by atoms with Crippen molar-refractivity contribution in [2.24, 2.45) is 0 Å². The minimum absolute atomic E-state index is 0.119. The quantitative estimate of drug-likeness (QED) is 0.854. The van der Waals surface area contributed by atoms with Crippen molar-refractivity contribution in [3.63, 3.8) is 0 Å². The fourth-order valence-corrected chi connectivity index (χ4v) is 3.42. The maximum atomic E-state index is 12.2. The Hall–Kier alpha value is -1.40. The summed E-state index contributed by atoms with van der Waals surface area (Å²) in [6.45, 7) is 1.32. The van der Waals surface area contributed by atoms with Gasteiger partial charge >= 0.3 is 0 Å². The van der Waals surface area contributed by atoms with Gasteiger partial charge in [-0.15, -0.1) is 0 Å². The van der Waals surface area contributed by atoms with Crippen LogP contribution in [0.2, 0.25) is 0 Å². The minimum atomic E-state index is -0.119. The first-order chi connectivity index (χ1) is 9.78. The third kappa shape index (κ3) is 2.23. The molecule has 1 amide bonds. The molecular formula is C14H19N3O3. The van der Waals surface area contributed by atoms with Crippen LogP contribution in [0.1, 0.15) is 47.8 Å². The molecule has 1 aromatic rings. The molecule has 4 rings (SSSR count). The number of aromatic nitrogens is 1. The van der Waals surface area contributed by atoms with Crippen molar-refractivity contribution in [1.29, 1.82) is 0 Å². The average molecular weight is 277 g/mol. The number of rotatable bonds is 3. The number of ether oxygens (including phenoxy) is 1. The van der Waals surface area contributed by atoms with Crippen LogP contribution in [0, 0.1) is 0 Å². The van der Waals surface area contributed by atoms with Gasteiger partial charge in [0.15, 0.2) is 5.69 Å². The van der Waals surface area contributed by atoms with Gasteiger partial charge in [-0.1, -0.05) is 5.16 Å². The average Bonchev–Trinajstić information content (AvgIpc) is 2.95. The van der Waals surface area contributed by atoms with Crippen LogP contribution in [0.25, 0.3) is 0 Å². The van der Waals surface area contributed by atoms with Crippen LogP contribution in [0.15, 0.2) is 10.6 Å². The number of carbonyl (C=O) groups is 1. The molecule has 0 saturated carbocycles. The van der Waals surface area contributed by atoms with E-state index in [9.17, 15) is 4.79 Å². The lowest BCUT2D eigenvalue weighted by molar-refractivity contribution is -0.00228. The van der Waals surface area contributed by atoms with Gasteiger partial charge in [-0.2, -0.15) is 0 Å². The Morgan fingerprint density at radius 3 is 2.70 bits per heavy atom. The highest BCUT2D eigenvalue weighted by atomic mass is 16.5. The Bertz CT molecular complexity index is 500. The van der Waals surface area contributed by atoms with Crippen LogP contribution < -0.4 is 10.6 Å². The second kappa shape index (κ2) is 4.86. The lowest BCUT2D eigenvalue weighted by Gasteiger charge is -2.29. The molecule has 20 heavy (non-hydrogen) atoms. The smallest absolute Gasteiger partial charge is 0.273 e. The number of piperidine rings is 1. The number of amides is 1. The third-order valence-electron chi connectivity index (χ3n) is 4.61. The summed E-state index contributed by atoms with van der Waals surface area (Å²) >= 11 is 0. The fraction of sp³-hybridized carbons (Fsp3) is 0.714. The molecule has 2 unspecified atom stereocenters. The summed E-state index contributed by atoms with van der Waals surface area (Å²) in [5.74, 6) is 0.900. The van der Waals surface area contributed by atoms with Gasteiger partial charge in [0.05, 0.1) is 19.1 Å². The minimum Gasteiger partial charge on any atom is -0.380 e. The highest BCUT2D eigenvalue weighted by Crippen LogP contribution is 2.27. The monoisotopic (exact) mass is 277 g/mol. The highest BCUT2D eigenvalue weighted by molar-refractivity contribution is 5.92. The molecule has 0 radical (unpaired) electrons. The molecule has 3 aliphatic rings. The van der Waals surface area contributed by atoms with Gasteiger partial charge in [-0.25, -0.2) is 0 Å². The van der Waals surface area contributed by atoms with Gasteiger partial charge < -0.3 is 19.9 Å². The molecule has 3 atom stereocenters. The van der Waals surface area contributed by atoms with Gasteiger partial charge in [-0.3, -0.25) is 4.79 Å². The van der Waals surface area contributed by atoms with Crippen LogP contribution in [-0.2, 0) is 4.74 Å². The first kappa shape index (κ1) is 12.3. The number of carbonyl (C=O) groups excluding carboxylic acids is 1. The zero-order chi connectivity index (χ0) is 13.5. The zero-order valence-corrected chi connectivity index (χ0v) is 11.3. The second-order valence-corrected chi connectivity index (χ2v) is 6.13. The van der Waals surface area contributed by atoms with E-state index in [2.05, 4.69) is 15.8 Å². The topological polar surface area (TPSA) is 76.4 Å². The summed E-state index contributed by atoms with van der Waals surface area (Å²) in [6, 6.07) is 3.14. The van der Waals surface area contributed by atoms with E-state index in [0.29, 0.717) is 31.0 Å². The molecular weight excluding hydrogens is 258 g/mol. The SMILES string of the molecule is O=C(NC1CC2CC[C@@H](C1)N2)c1cc(C2COC2)on1. The van der Waals surface area contributed by atoms with Crippen molar-refractivity contribution in [1.82, 2.24) is 15.8 Å². The van der Waals surface area contributed by atoms with E-state index in [4.69, 9.17) is 9.26 Å². The van der Waals surface area contributed by atoms with Gasteiger partial charge in [0.2, 0.25) is 0 Å². The van der Waals surface area contributed by atoms with Gasteiger partial charge in [0.25, 0.3) is 5.91 Å². The number of fused-ring (bicyclic) bond motifs is 2. The van der Waals surface area contributed by atoms with Crippen LogP contribution in [0.4, 0.5) is 0 Å². The molecule has 2 bridgehead atoms. The van der Waals surface area contributed by atoms with Crippen molar-refractivity contribution in [3.8, 4) is 0 Å². The molecule has 108 valence electrons. The van der Waals surface area contributed by atoms with E-state index in [1.807, 2.05) is 0 Å². The van der Waals surface area contributed by atoms with Gasteiger partial charge in [0.1, 0.15) is 5.76 Å². The van der Waals surface area contributed by atoms with E-state index in [1.165, 1.54) is 12.8 Å². The van der Waals surface area contributed by atoms with Crippen molar-refractivity contribution < 1.29 is 14.1 Å². The van der Waals surface area contributed by atoms with Crippen LogP contribution in [0.3, 0.4) is 0 Å². The number of nitrogens with zero attached hydrogens (tertiary/aromatic N) is 1. The third-order valence-corrected chi connectivity index (χ3v) is 4.61. The molecule has 3 aliphatic heterocycles. The fourth-order valence-electron chi connectivity index (χ4n) is 3.42. The molecule has 6 heteroatoms. The van der Waals surface area contributed by atoms with Gasteiger partial charge in [0, 0.05) is 24.2 Å². The van der Waals surface area contributed by atoms with Crippen molar-refractivity contribution in [2.75, 3.05) is 13.2 Å². The second-order valence-electron chi connectivity index (χ2n) is 6.13. The summed E-state index contributed by atoms with van der Waals surface area (Å²) in [5.41, 5.74) is 0.387. The van der Waals surface area contributed by atoms with E-state index in [-0.39, 0.29) is 17.9 Å². The van der Waals surface area contributed by atoms with Crippen LogP contribution in [0.5, 0.6) is 0 Å². The Morgan fingerprint density at radius 2 is 2.05 bits per heavy atom. The zero-order valence-electron chi connectivity index (χ0n) is 11.3. The molecule has 4 heterocycles. The Balaban J connectivity index is 1.38.